The second-order valence-electron chi connectivity index (χ2n) is 9.79. The number of hydrogen-bond acceptors (Lipinski definition) is 5. The number of aldehydes is 1. The fourth-order valence-corrected chi connectivity index (χ4v) is 4.51. The summed E-state index contributed by atoms with van der Waals surface area (Å²) in [6.07, 6.45) is 2.00. The zero-order valence-corrected chi connectivity index (χ0v) is 20.3. The first-order valence-electron chi connectivity index (χ1n) is 11.8. The molecule has 0 aliphatic carbocycles. The van der Waals surface area contributed by atoms with Gasteiger partial charge in [0.2, 0.25) is 0 Å². The maximum atomic E-state index is 14.7. The molecule has 0 saturated carbocycles. The van der Waals surface area contributed by atoms with Crippen LogP contribution in [-0.4, -0.2) is 47.7 Å². The van der Waals surface area contributed by atoms with Gasteiger partial charge in [0.15, 0.2) is 0 Å². The SMILES string of the molecule is CC(C)(C)OC(=O)NC(CC=O)(Cc1ccccc1F)N1CCC[C@H]1COCc1ccccc1. The lowest BCUT2D eigenvalue weighted by molar-refractivity contribution is -0.112. The number of likely N-dealkylation sites (tertiary alicyclic amines) is 1. The maximum Gasteiger partial charge on any atom is 0.409 e. The van der Waals surface area contributed by atoms with Crippen molar-refractivity contribution in [1.82, 2.24) is 10.2 Å². The molecule has 1 fully saturated rings. The number of ether oxygens (including phenoxy) is 2. The molecule has 34 heavy (non-hydrogen) atoms. The van der Waals surface area contributed by atoms with Gasteiger partial charge in [-0.15, -0.1) is 0 Å². The van der Waals surface area contributed by atoms with Crippen molar-refractivity contribution < 1.29 is 23.5 Å². The lowest BCUT2D eigenvalue weighted by atomic mass is 9.93. The lowest BCUT2D eigenvalue weighted by Crippen LogP contribution is -2.64. The third-order valence-corrected chi connectivity index (χ3v) is 5.94. The van der Waals surface area contributed by atoms with E-state index < -0.39 is 17.4 Å². The van der Waals surface area contributed by atoms with Crippen molar-refractivity contribution in [2.45, 2.75) is 70.4 Å². The third kappa shape index (κ3) is 7.11. The quantitative estimate of drug-likeness (QED) is 0.503. The van der Waals surface area contributed by atoms with E-state index >= 15 is 0 Å². The largest absolute Gasteiger partial charge is 0.444 e. The number of carbonyl (C=O) groups is 2. The molecule has 1 heterocycles. The van der Waals surface area contributed by atoms with Gasteiger partial charge in [-0.05, 0) is 50.8 Å². The lowest BCUT2D eigenvalue weighted by Gasteiger charge is -2.45. The van der Waals surface area contributed by atoms with Crippen LogP contribution in [0.4, 0.5) is 9.18 Å². The number of benzene rings is 2. The van der Waals surface area contributed by atoms with E-state index in [1.54, 1.807) is 39.0 Å². The Bertz CT molecular complexity index is 947. The van der Waals surface area contributed by atoms with Crippen molar-refractivity contribution >= 4 is 12.4 Å². The van der Waals surface area contributed by atoms with E-state index in [1.165, 1.54) is 6.07 Å². The molecule has 1 unspecified atom stereocenters. The molecule has 0 bridgehead atoms. The summed E-state index contributed by atoms with van der Waals surface area (Å²) in [5, 5.41) is 2.96. The summed E-state index contributed by atoms with van der Waals surface area (Å²) < 4.78 is 26.2. The Labute approximate surface area is 201 Å². The summed E-state index contributed by atoms with van der Waals surface area (Å²) in [4.78, 5) is 26.9. The fourth-order valence-electron chi connectivity index (χ4n) is 4.51. The van der Waals surface area contributed by atoms with Gasteiger partial charge >= 0.3 is 6.09 Å². The Balaban J connectivity index is 1.85. The van der Waals surface area contributed by atoms with Crippen molar-refractivity contribution in [3.63, 3.8) is 0 Å². The van der Waals surface area contributed by atoms with E-state index in [4.69, 9.17) is 9.47 Å². The number of nitrogens with zero attached hydrogens (tertiary/aromatic N) is 1. The molecule has 1 N–H and O–H groups in total. The average molecular weight is 471 g/mol. The summed E-state index contributed by atoms with van der Waals surface area (Å²) in [5.74, 6) is -0.375. The molecule has 3 rings (SSSR count). The number of nitrogens with one attached hydrogen (secondary N) is 1. The highest BCUT2D eigenvalue weighted by molar-refractivity contribution is 5.70. The molecule has 184 valence electrons. The van der Waals surface area contributed by atoms with Gasteiger partial charge in [0.25, 0.3) is 0 Å². The van der Waals surface area contributed by atoms with Crippen LogP contribution in [0.3, 0.4) is 0 Å². The molecule has 2 aromatic rings. The zero-order chi connectivity index (χ0) is 24.6. The van der Waals surface area contributed by atoms with E-state index in [0.717, 1.165) is 24.7 Å². The summed E-state index contributed by atoms with van der Waals surface area (Å²) in [5.41, 5.74) is -0.345. The summed E-state index contributed by atoms with van der Waals surface area (Å²) >= 11 is 0. The van der Waals surface area contributed by atoms with Gasteiger partial charge in [0.1, 0.15) is 23.4 Å². The summed E-state index contributed by atoms with van der Waals surface area (Å²) in [6.45, 7) is 6.89. The first kappa shape index (κ1) is 25.8. The maximum absolute atomic E-state index is 14.7. The average Bonchev–Trinajstić information content (AvgIpc) is 3.24. The number of halogens is 1. The molecule has 0 aromatic heterocycles. The molecule has 6 nitrogen and oxygen atoms in total. The van der Waals surface area contributed by atoms with Crippen LogP contribution in [0.2, 0.25) is 0 Å². The van der Waals surface area contributed by atoms with Gasteiger partial charge in [-0.25, -0.2) is 9.18 Å². The van der Waals surface area contributed by atoms with Crippen molar-refractivity contribution in [2.75, 3.05) is 13.2 Å². The van der Waals surface area contributed by atoms with Gasteiger partial charge in [-0.2, -0.15) is 0 Å². The third-order valence-electron chi connectivity index (χ3n) is 5.94. The Morgan fingerprint density at radius 2 is 1.85 bits per heavy atom. The Kier molecular flexibility index (Phi) is 8.80. The van der Waals surface area contributed by atoms with Crippen molar-refractivity contribution in [1.29, 1.82) is 0 Å². The van der Waals surface area contributed by atoms with Gasteiger partial charge < -0.3 is 19.6 Å². The van der Waals surface area contributed by atoms with Gasteiger partial charge in [-0.1, -0.05) is 48.5 Å². The Hall–Kier alpha value is -2.77. The van der Waals surface area contributed by atoms with Crippen LogP contribution in [0.25, 0.3) is 0 Å². The van der Waals surface area contributed by atoms with Crippen LogP contribution in [0.15, 0.2) is 54.6 Å². The molecule has 7 heteroatoms. The minimum atomic E-state index is -1.14. The normalized spacial score (nSPS) is 18.3. The predicted octanol–water partition coefficient (Wildman–Crippen LogP) is 4.86. The molecule has 1 saturated heterocycles. The predicted molar refractivity (Wildman–Crippen MR) is 129 cm³/mol. The number of rotatable bonds is 10. The van der Waals surface area contributed by atoms with E-state index in [9.17, 15) is 14.0 Å². The first-order chi connectivity index (χ1) is 16.2. The molecular weight excluding hydrogens is 435 g/mol. The molecular formula is C27H35FN2O4. The Morgan fingerprint density at radius 3 is 2.53 bits per heavy atom. The second kappa shape index (κ2) is 11.6. The van der Waals surface area contributed by atoms with Crippen LogP contribution in [0.5, 0.6) is 0 Å². The minimum Gasteiger partial charge on any atom is -0.444 e. The van der Waals surface area contributed by atoms with Gasteiger partial charge in [-0.3, -0.25) is 4.90 Å². The molecule has 1 aliphatic rings. The van der Waals surface area contributed by atoms with Crippen molar-refractivity contribution in [2.24, 2.45) is 0 Å². The molecule has 1 aliphatic heterocycles. The highest BCUT2D eigenvalue weighted by atomic mass is 19.1. The van der Waals surface area contributed by atoms with Gasteiger partial charge in [0, 0.05) is 25.4 Å². The van der Waals surface area contributed by atoms with E-state index in [-0.39, 0.29) is 24.7 Å². The smallest absolute Gasteiger partial charge is 0.409 e. The molecule has 0 spiro atoms. The summed E-state index contributed by atoms with van der Waals surface area (Å²) in [7, 11) is 0. The standard InChI is InChI=1S/C27H35FN2O4/c1-26(2,3)34-25(32)29-27(15-17-31,18-22-12-7-8-14-24(22)28)30-16-9-13-23(30)20-33-19-21-10-5-4-6-11-21/h4-8,10-12,14,17,23H,9,13,15-16,18-20H2,1-3H3,(H,29,32)/t23-,27?/m0/s1. The monoisotopic (exact) mass is 470 g/mol. The number of carbonyl (C=O) groups excluding carboxylic acids is 2. The van der Waals surface area contributed by atoms with E-state index in [0.29, 0.717) is 25.3 Å². The first-order valence-corrected chi connectivity index (χ1v) is 11.8. The van der Waals surface area contributed by atoms with Crippen LogP contribution in [-0.2, 0) is 27.3 Å². The molecule has 2 aromatic carbocycles. The van der Waals surface area contributed by atoms with E-state index in [1.807, 2.05) is 30.3 Å². The van der Waals surface area contributed by atoms with E-state index in [2.05, 4.69) is 10.2 Å². The number of alkyl carbamates (subject to hydrolysis) is 1. The highest BCUT2D eigenvalue weighted by Crippen LogP contribution is 2.32. The molecule has 2 atom stereocenters. The van der Waals surface area contributed by atoms with Crippen molar-refractivity contribution in [3.05, 3.63) is 71.5 Å². The fraction of sp³-hybridized carbons (Fsp3) is 0.481. The van der Waals surface area contributed by atoms with Crippen LogP contribution in [0.1, 0.15) is 51.2 Å². The highest BCUT2D eigenvalue weighted by Gasteiger charge is 2.45. The Morgan fingerprint density at radius 1 is 1.15 bits per heavy atom. The summed E-state index contributed by atoms with van der Waals surface area (Å²) in [6, 6.07) is 16.3. The second-order valence-corrected chi connectivity index (χ2v) is 9.79. The van der Waals surface area contributed by atoms with Crippen LogP contribution < -0.4 is 5.32 Å². The molecule has 0 radical (unpaired) electrons. The number of amides is 1. The molecule has 1 amide bonds. The van der Waals surface area contributed by atoms with Crippen LogP contribution in [0, 0.1) is 5.82 Å². The van der Waals surface area contributed by atoms with Gasteiger partial charge in [0.05, 0.1) is 13.2 Å². The zero-order valence-electron chi connectivity index (χ0n) is 20.3. The number of hydrogen-bond donors (Lipinski definition) is 1. The van der Waals surface area contributed by atoms with Crippen LogP contribution >= 0.6 is 0 Å². The topological polar surface area (TPSA) is 67.9 Å². The minimum absolute atomic E-state index is 0.00420. The van der Waals surface area contributed by atoms with Crippen molar-refractivity contribution in [3.8, 4) is 0 Å².